The SMILES string of the molecule is CCC(C)(C)C(Cc1nnn(C)n1)NN. The van der Waals surface area contributed by atoms with E-state index in [2.05, 4.69) is 41.6 Å². The molecule has 0 saturated carbocycles. The van der Waals surface area contributed by atoms with Crippen LogP contribution in [0.3, 0.4) is 0 Å². The van der Waals surface area contributed by atoms with Gasteiger partial charge in [-0.25, -0.2) is 0 Å². The first kappa shape index (κ1) is 12.1. The van der Waals surface area contributed by atoms with Crippen LogP contribution in [0.25, 0.3) is 0 Å². The van der Waals surface area contributed by atoms with Gasteiger partial charge in [-0.3, -0.25) is 11.3 Å². The highest BCUT2D eigenvalue weighted by atomic mass is 15.6. The lowest BCUT2D eigenvalue weighted by atomic mass is 9.80. The molecular formula is C9H20N6. The fraction of sp³-hybridized carbons (Fsp3) is 0.889. The minimum absolute atomic E-state index is 0.119. The zero-order valence-electron chi connectivity index (χ0n) is 9.86. The molecule has 0 saturated heterocycles. The second-order valence-electron chi connectivity index (χ2n) is 4.46. The van der Waals surface area contributed by atoms with E-state index in [1.165, 1.54) is 4.80 Å². The summed E-state index contributed by atoms with van der Waals surface area (Å²) in [5.74, 6) is 6.28. The lowest BCUT2D eigenvalue weighted by Gasteiger charge is -2.32. The van der Waals surface area contributed by atoms with Gasteiger partial charge in [0, 0.05) is 12.5 Å². The van der Waals surface area contributed by atoms with E-state index >= 15 is 0 Å². The molecule has 1 aromatic heterocycles. The van der Waals surface area contributed by atoms with Crippen LogP contribution in [0.2, 0.25) is 0 Å². The van der Waals surface area contributed by atoms with Crippen LogP contribution in [0.5, 0.6) is 0 Å². The molecule has 0 radical (unpaired) electrons. The molecule has 1 aromatic rings. The van der Waals surface area contributed by atoms with Gasteiger partial charge in [-0.15, -0.1) is 10.2 Å². The van der Waals surface area contributed by atoms with Crippen molar-refractivity contribution in [1.82, 2.24) is 25.6 Å². The second kappa shape index (κ2) is 4.67. The Kier molecular flexibility index (Phi) is 3.76. The highest BCUT2D eigenvalue weighted by Gasteiger charge is 2.28. The summed E-state index contributed by atoms with van der Waals surface area (Å²) in [6.45, 7) is 6.50. The lowest BCUT2D eigenvalue weighted by molar-refractivity contribution is 0.229. The van der Waals surface area contributed by atoms with Gasteiger partial charge in [-0.2, -0.15) is 4.80 Å². The molecule has 86 valence electrons. The standard InChI is InChI=1S/C9H20N6/c1-5-9(2,3)7(11-10)6-8-12-14-15(4)13-8/h7,11H,5-6,10H2,1-4H3. The quantitative estimate of drug-likeness (QED) is 0.531. The fourth-order valence-electron chi connectivity index (χ4n) is 1.39. The Labute approximate surface area is 90.2 Å². The van der Waals surface area contributed by atoms with Crippen molar-refractivity contribution in [2.24, 2.45) is 18.3 Å². The number of nitrogens with two attached hydrogens (primary N) is 1. The molecule has 0 aliphatic carbocycles. The third-order valence-corrected chi connectivity index (χ3v) is 2.99. The second-order valence-corrected chi connectivity index (χ2v) is 4.46. The number of tetrazole rings is 1. The molecule has 1 heterocycles. The smallest absolute Gasteiger partial charge is 0.176 e. The number of hydrogen-bond acceptors (Lipinski definition) is 5. The highest BCUT2D eigenvalue weighted by Crippen LogP contribution is 2.25. The summed E-state index contributed by atoms with van der Waals surface area (Å²) >= 11 is 0. The molecule has 6 heteroatoms. The lowest BCUT2D eigenvalue weighted by Crippen LogP contribution is -2.47. The number of aryl methyl sites for hydroxylation is 1. The molecule has 0 aliphatic heterocycles. The first-order valence-electron chi connectivity index (χ1n) is 5.18. The predicted molar refractivity (Wildman–Crippen MR) is 57.7 cm³/mol. The van der Waals surface area contributed by atoms with Gasteiger partial charge in [0.15, 0.2) is 5.82 Å². The maximum atomic E-state index is 5.56. The Morgan fingerprint density at radius 2 is 2.20 bits per heavy atom. The summed E-state index contributed by atoms with van der Waals surface area (Å²) in [4.78, 5) is 1.46. The molecule has 1 atom stereocenters. The Hall–Kier alpha value is -1.01. The zero-order valence-corrected chi connectivity index (χ0v) is 9.86. The van der Waals surface area contributed by atoms with Crippen LogP contribution in [0.4, 0.5) is 0 Å². The molecule has 0 amide bonds. The Bertz CT molecular complexity index is 305. The Morgan fingerprint density at radius 1 is 1.53 bits per heavy atom. The van der Waals surface area contributed by atoms with E-state index in [0.29, 0.717) is 6.42 Å². The molecule has 3 N–H and O–H groups in total. The van der Waals surface area contributed by atoms with Gasteiger partial charge in [0.05, 0.1) is 7.05 Å². The molecule has 1 unspecified atom stereocenters. The average molecular weight is 212 g/mol. The van der Waals surface area contributed by atoms with Crippen molar-refractivity contribution in [3.05, 3.63) is 5.82 Å². The van der Waals surface area contributed by atoms with Crippen LogP contribution >= 0.6 is 0 Å². The number of nitrogens with zero attached hydrogens (tertiary/aromatic N) is 4. The third kappa shape index (κ3) is 2.97. The van der Waals surface area contributed by atoms with Crippen molar-refractivity contribution in [2.75, 3.05) is 0 Å². The van der Waals surface area contributed by atoms with Crippen LogP contribution in [-0.2, 0) is 13.5 Å². The average Bonchev–Trinajstić information content (AvgIpc) is 2.60. The highest BCUT2D eigenvalue weighted by molar-refractivity contribution is 4.91. The summed E-state index contributed by atoms with van der Waals surface area (Å²) in [6, 6.07) is 0.159. The minimum atomic E-state index is 0.119. The van der Waals surface area contributed by atoms with Crippen LogP contribution in [-0.4, -0.2) is 26.2 Å². The normalized spacial score (nSPS) is 14.2. The minimum Gasteiger partial charge on any atom is -0.271 e. The van der Waals surface area contributed by atoms with Gasteiger partial charge in [0.25, 0.3) is 0 Å². The van der Waals surface area contributed by atoms with Gasteiger partial charge in [-0.1, -0.05) is 20.8 Å². The zero-order chi connectivity index (χ0) is 11.5. The van der Waals surface area contributed by atoms with E-state index < -0.39 is 0 Å². The fourth-order valence-corrected chi connectivity index (χ4v) is 1.39. The number of nitrogens with one attached hydrogen (secondary N) is 1. The largest absolute Gasteiger partial charge is 0.271 e. The molecule has 6 nitrogen and oxygen atoms in total. The number of hydrazine groups is 1. The van der Waals surface area contributed by atoms with Gasteiger partial charge >= 0.3 is 0 Å². The summed E-state index contributed by atoms with van der Waals surface area (Å²) in [7, 11) is 1.76. The molecule has 0 aromatic carbocycles. The van der Waals surface area contributed by atoms with Crippen LogP contribution in [0.15, 0.2) is 0 Å². The van der Waals surface area contributed by atoms with Crippen molar-refractivity contribution in [1.29, 1.82) is 0 Å². The first-order valence-corrected chi connectivity index (χ1v) is 5.18. The molecular weight excluding hydrogens is 192 g/mol. The van der Waals surface area contributed by atoms with Gasteiger partial charge < -0.3 is 0 Å². The Morgan fingerprint density at radius 3 is 2.60 bits per heavy atom. The molecule has 0 fully saturated rings. The number of aromatic nitrogens is 4. The van der Waals surface area contributed by atoms with Crippen LogP contribution in [0, 0.1) is 5.41 Å². The van der Waals surface area contributed by atoms with Crippen molar-refractivity contribution in [2.45, 2.75) is 39.7 Å². The maximum Gasteiger partial charge on any atom is 0.176 e. The van der Waals surface area contributed by atoms with E-state index in [4.69, 9.17) is 5.84 Å². The summed E-state index contributed by atoms with van der Waals surface area (Å²) in [6.07, 6.45) is 1.74. The van der Waals surface area contributed by atoms with Crippen molar-refractivity contribution in [3.8, 4) is 0 Å². The van der Waals surface area contributed by atoms with Crippen LogP contribution < -0.4 is 11.3 Å². The molecule has 0 aliphatic rings. The van der Waals surface area contributed by atoms with Gasteiger partial charge in [-0.05, 0) is 17.0 Å². The van der Waals surface area contributed by atoms with Crippen molar-refractivity contribution >= 4 is 0 Å². The van der Waals surface area contributed by atoms with Crippen molar-refractivity contribution < 1.29 is 0 Å². The Balaban J connectivity index is 2.69. The number of hydrogen-bond donors (Lipinski definition) is 2. The summed E-state index contributed by atoms with van der Waals surface area (Å²) in [5.41, 5.74) is 2.95. The van der Waals surface area contributed by atoms with E-state index in [0.717, 1.165) is 12.2 Å². The van der Waals surface area contributed by atoms with Gasteiger partial charge in [0.2, 0.25) is 0 Å². The summed E-state index contributed by atoms with van der Waals surface area (Å²) < 4.78 is 0. The summed E-state index contributed by atoms with van der Waals surface area (Å²) in [5, 5.41) is 11.9. The molecule has 0 bridgehead atoms. The topological polar surface area (TPSA) is 81.7 Å². The molecule has 0 spiro atoms. The monoisotopic (exact) mass is 212 g/mol. The first-order chi connectivity index (χ1) is 6.99. The molecule has 15 heavy (non-hydrogen) atoms. The third-order valence-electron chi connectivity index (χ3n) is 2.99. The van der Waals surface area contributed by atoms with Gasteiger partial charge in [0.1, 0.15) is 0 Å². The van der Waals surface area contributed by atoms with E-state index in [-0.39, 0.29) is 11.5 Å². The predicted octanol–water partition coefficient (Wildman–Crippen LogP) is 0.0207. The van der Waals surface area contributed by atoms with E-state index in [1.807, 2.05) is 0 Å². The van der Waals surface area contributed by atoms with Crippen LogP contribution in [0.1, 0.15) is 33.0 Å². The van der Waals surface area contributed by atoms with E-state index in [1.54, 1.807) is 7.05 Å². The molecule has 1 rings (SSSR count). The van der Waals surface area contributed by atoms with E-state index in [9.17, 15) is 0 Å². The van der Waals surface area contributed by atoms with Crippen molar-refractivity contribution in [3.63, 3.8) is 0 Å². The number of rotatable bonds is 5. The maximum absolute atomic E-state index is 5.56.